The van der Waals surface area contributed by atoms with E-state index in [9.17, 15) is 34.7 Å². The highest BCUT2D eigenvalue weighted by molar-refractivity contribution is 5.72. The Bertz CT molecular complexity index is 1330. The number of rotatable bonds is 10. The Morgan fingerprint density at radius 1 is 1.05 bits per heavy atom. The molecular formula is C33H45FO10. The van der Waals surface area contributed by atoms with Gasteiger partial charge in [-0.05, 0) is 87.4 Å². The maximum Gasteiger partial charge on any atom is 0.308 e. The standard InChI is InChI=1S/C33H45FO10/c1-19-14-20(2)23(24(15-19)22-6-7-25(34)21(3)16-22)8-9-32(10-13-42-31(4,5)44-32)17-27(36)41-12-11-33(40)30(39)29(38)28(37)26(18-35)43-33/h6-7,14-16,26,28-30,35,37-40H,8-13,17-18H2,1-5H3/t26-,28+,29+,30-,32?,33+/m1/s1. The van der Waals surface area contributed by atoms with Crippen LogP contribution in [0.3, 0.4) is 0 Å². The topological polar surface area (TPSA) is 155 Å². The predicted molar refractivity (Wildman–Crippen MR) is 158 cm³/mol. The molecular weight excluding hydrogens is 575 g/mol. The van der Waals surface area contributed by atoms with E-state index in [1.54, 1.807) is 26.8 Å². The molecule has 0 spiro atoms. The number of benzene rings is 2. The second-order valence-electron chi connectivity index (χ2n) is 12.6. The van der Waals surface area contributed by atoms with Gasteiger partial charge in [-0.25, -0.2) is 4.39 Å². The predicted octanol–water partition coefficient (Wildman–Crippen LogP) is 2.75. The monoisotopic (exact) mass is 620 g/mol. The van der Waals surface area contributed by atoms with Crippen LogP contribution >= 0.6 is 0 Å². The van der Waals surface area contributed by atoms with Gasteiger partial charge in [-0.15, -0.1) is 0 Å². The third-order valence-corrected chi connectivity index (χ3v) is 8.63. The summed E-state index contributed by atoms with van der Waals surface area (Å²) >= 11 is 0. The molecule has 2 saturated heterocycles. The third-order valence-electron chi connectivity index (χ3n) is 8.63. The molecule has 6 atom stereocenters. The van der Waals surface area contributed by atoms with Gasteiger partial charge in [-0.1, -0.05) is 23.8 Å². The van der Waals surface area contributed by atoms with E-state index in [0.717, 1.165) is 27.8 Å². The van der Waals surface area contributed by atoms with E-state index in [-0.39, 0.29) is 18.8 Å². The first-order valence-corrected chi connectivity index (χ1v) is 15.0. The van der Waals surface area contributed by atoms with Gasteiger partial charge in [0.25, 0.3) is 0 Å². The van der Waals surface area contributed by atoms with E-state index in [4.69, 9.17) is 18.9 Å². The minimum atomic E-state index is -2.35. The average molecular weight is 621 g/mol. The Labute approximate surface area is 257 Å². The molecule has 1 unspecified atom stereocenters. The molecule has 2 aliphatic heterocycles. The molecule has 44 heavy (non-hydrogen) atoms. The number of carbonyl (C=O) groups is 1. The van der Waals surface area contributed by atoms with E-state index < -0.39 is 60.6 Å². The summed E-state index contributed by atoms with van der Waals surface area (Å²) in [6.07, 6.45) is -5.66. The highest BCUT2D eigenvalue weighted by Crippen LogP contribution is 2.39. The van der Waals surface area contributed by atoms with Crippen LogP contribution < -0.4 is 0 Å². The molecule has 2 aliphatic rings. The van der Waals surface area contributed by atoms with Gasteiger partial charge >= 0.3 is 5.97 Å². The summed E-state index contributed by atoms with van der Waals surface area (Å²) in [5, 5.41) is 50.5. The summed E-state index contributed by atoms with van der Waals surface area (Å²) in [4.78, 5) is 13.2. The summed E-state index contributed by atoms with van der Waals surface area (Å²) in [5.74, 6) is -4.18. The zero-order chi connectivity index (χ0) is 32.4. The second kappa shape index (κ2) is 13.5. The summed E-state index contributed by atoms with van der Waals surface area (Å²) in [5.41, 5.74) is 4.71. The molecule has 0 bridgehead atoms. The van der Waals surface area contributed by atoms with E-state index in [0.29, 0.717) is 31.4 Å². The molecule has 4 rings (SSSR count). The Morgan fingerprint density at radius 2 is 1.77 bits per heavy atom. The molecule has 2 aromatic rings. The SMILES string of the molecule is Cc1cc(C)c(CCC2(CC(=O)OCC[C@]3(O)O[C@H](CO)[C@H](O)[C@H](O)[C@H]3O)CCOC(C)(C)O2)c(-c2ccc(F)c(C)c2)c1. The molecule has 0 aromatic heterocycles. The van der Waals surface area contributed by atoms with Gasteiger partial charge in [0.05, 0.1) is 31.8 Å². The van der Waals surface area contributed by atoms with Crippen LogP contribution in [0.2, 0.25) is 0 Å². The van der Waals surface area contributed by atoms with Crippen LogP contribution in [0, 0.1) is 26.6 Å². The number of halogens is 1. The second-order valence-corrected chi connectivity index (χ2v) is 12.6. The fourth-order valence-electron chi connectivity index (χ4n) is 6.28. The van der Waals surface area contributed by atoms with Crippen LogP contribution in [0.4, 0.5) is 4.39 Å². The van der Waals surface area contributed by atoms with Gasteiger partial charge in [-0.2, -0.15) is 0 Å². The van der Waals surface area contributed by atoms with Gasteiger partial charge in [-0.3, -0.25) is 4.79 Å². The van der Waals surface area contributed by atoms with Crippen LogP contribution in [0.5, 0.6) is 0 Å². The van der Waals surface area contributed by atoms with Gasteiger partial charge in [0.1, 0.15) is 30.2 Å². The van der Waals surface area contributed by atoms with Crippen molar-refractivity contribution in [2.75, 3.05) is 19.8 Å². The molecule has 0 radical (unpaired) electrons. The molecule has 2 fully saturated rings. The number of aryl methyl sites for hydroxylation is 3. The Balaban J connectivity index is 1.50. The van der Waals surface area contributed by atoms with Crippen molar-refractivity contribution in [2.24, 2.45) is 0 Å². The van der Waals surface area contributed by atoms with Crippen LogP contribution in [-0.2, 0) is 30.2 Å². The lowest BCUT2D eigenvalue weighted by Gasteiger charge is -2.45. The Hall–Kier alpha value is -2.48. The zero-order valence-electron chi connectivity index (χ0n) is 26.0. The van der Waals surface area contributed by atoms with E-state index in [1.807, 2.05) is 19.9 Å². The van der Waals surface area contributed by atoms with Gasteiger partial charge < -0.3 is 44.5 Å². The Morgan fingerprint density at radius 3 is 2.43 bits per heavy atom. The summed E-state index contributed by atoms with van der Waals surface area (Å²) in [6, 6.07) is 9.24. The fourth-order valence-corrected chi connectivity index (χ4v) is 6.28. The van der Waals surface area contributed by atoms with Crippen molar-refractivity contribution >= 4 is 5.97 Å². The van der Waals surface area contributed by atoms with Crippen molar-refractivity contribution in [1.29, 1.82) is 0 Å². The number of carbonyl (C=O) groups excluding carboxylic acids is 1. The van der Waals surface area contributed by atoms with E-state index in [2.05, 4.69) is 12.1 Å². The highest BCUT2D eigenvalue weighted by Gasteiger charge is 2.52. The van der Waals surface area contributed by atoms with Crippen LogP contribution in [0.15, 0.2) is 30.3 Å². The number of hydrogen-bond donors (Lipinski definition) is 5. The van der Waals surface area contributed by atoms with Crippen molar-refractivity contribution in [1.82, 2.24) is 0 Å². The maximum absolute atomic E-state index is 14.1. The molecule has 2 aromatic carbocycles. The number of aliphatic hydroxyl groups excluding tert-OH is 4. The fraction of sp³-hybridized carbons (Fsp3) is 0.606. The van der Waals surface area contributed by atoms with Crippen LogP contribution in [0.1, 0.15) is 61.8 Å². The number of aliphatic hydroxyl groups is 5. The van der Waals surface area contributed by atoms with Crippen molar-refractivity contribution in [3.8, 4) is 11.1 Å². The summed E-state index contributed by atoms with van der Waals surface area (Å²) < 4.78 is 37.0. The number of esters is 1. The molecule has 2 heterocycles. The largest absolute Gasteiger partial charge is 0.465 e. The quantitative estimate of drug-likeness (QED) is 0.251. The van der Waals surface area contributed by atoms with Gasteiger partial charge in [0.2, 0.25) is 0 Å². The minimum absolute atomic E-state index is 0.113. The Kier molecular flexibility index (Phi) is 10.5. The first-order chi connectivity index (χ1) is 20.6. The van der Waals surface area contributed by atoms with Gasteiger partial charge in [0.15, 0.2) is 11.6 Å². The summed E-state index contributed by atoms with van der Waals surface area (Å²) in [7, 11) is 0. The lowest BCUT2D eigenvalue weighted by molar-refractivity contribution is -0.352. The number of ether oxygens (including phenoxy) is 4. The zero-order valence-corrected chi connectivity index (χ0v) is 26.0. The normalized spacial score (nSPS) is 30.2. The first-order valence-electron chi connectivity index (χ1n) is 15.0. The molecule has 244 valence electrons. The van der Waals surface area contributed by atoms with Crippen molar-refractivity contribution in [3.05, 3.63) is 58.4 Å². The van der Waals surface area contributed by atoms with Crippen molar-refractivity contribution in [3.63, 3.8) is 0 Å². The molecule has 0 amide bonds. The number of hydrogen-bond acceptors (Lipinski definition) is 10. The third kappa shape index (κ3) is 7.66. The molecule has 5 N–H and O–H groups in total. The van der Waals surface area contributed by atoms with Crippen LogP contribution in [-0.4, -0.2) is 92.9 Å². The minimum Gasteiger partial charge on any atom is -0.465 e. The lowest BCUT2D eigenvalue weighted by Crippen LogP contribution is -2.65. The van der Waals surface area contributed by atoms with Crippen LogP contribution in [0.25, 0.3) is 11.1 Å². The molecule has 0 aliphatic carbocycles. The van der Waals surface area contributed by atoms with Crippen molar-refractivity contribution in [2.45, 2.75) is 108 Å². The highest BCUT2D eigenvalue weighted by atomic mass is 19.1. The molecule has 10 nitrogen and oxygen atoms in total. The van der Waals surface area contributed by atoms with E-state index >= 15 is 0 Å². The molecule has 0 saturated carbocycles. The molecule has 11 heteroatoms. The smallest absolute Gasteiger partial charge is 0.308 e. The average Bonchev–Trinajstić information content (AvgIpc) is 2.94. The van der Waals surface area contributed by atoms with E-state index in [1.165, 1.54) is 6.07 Å². The maximum atomic E-state index is 14.1. The summed E-state index contributed by atoms with van der Waals surface area (Å²) in [6.45, 7) is 8.63. The van der Waals surface area contributed by atoms with Gasteiger partial charge in [0, 0.05) is 12.8 Å². The van der Waals surface area contributed by atoms with Crippen molar-refractivity contribution < 1.29 is 53.7 Å². The first kappa shape index (κ1) is 34.4. The lowest BCUT2D eigenvalue weighted by atomic mass is 9.83.